The van der Waals surface area contributed by atoms with Crippen LogP contribution in [0.1, 0.15) is 39.2 Å². The molecule has 0 N–H and O–H groups in total. The van der Waals surface area contributed by atoms with Crippen LogP contribution in [0.2, 0.25) is 10.0 Å². The second-order valence-corrected chi connectivity index (χ2v) is 6.63. The van der Waals surface area contributed by atoms with Crippen LogP contribution in [0.5, 0.6) is 0 Å². The van der Waals surface area contributed by atoms with E-state index in [1.807, 2.05) is 26.8 Å². The Morgan fingerprint density at radius 1 is 1.24 bits per heavy atom. The SMILES string of the molecule is CC(C)(C)C(=O)C1(c2ccc(Cl)cc2Cl)CC1. The lowest BCUT2D eigenvalue weighted by Gasteiger charge is -2.25. The number of carbonyl (C=O) groups is 1. The van der Waals surface area contributed by atoms with Gasteiger partial charge in [0.2, 0.25) is 0 Å². The van der Waals surface area contributed by atoms with Crippen molar-refractivity contribution in [3.8, 4) is 0 Å². The molecule has 1 aliphatic rings. The van der Waals surface area contributed by atoms with Crippen molar-refractivity contribution in [3.63, 3.8) is 0 Å². The molecule has 0 atom stereocenters. The molecule has 0 spiro atoms. The zero-order valence-corrected chi connectivity index (χ0v) is 11.8. The van der Waals surface area contributed by atoms with E-state index in [0.29, 0.717) is 10.0 Å². The zero-order chi connectivity index (χ0) is 12.8. The van der Waals surface area contributed by atoms with Gasteiger partial charge in [-0.05, 0) is 30.5 Å². The van der Waals surface area contributed by atoms with Gasteiger partial charge in [-0.15, -0.1) is 0 Å². The maximum Gasteiger partial charge on any atom is 0.148 e. The smallest absolute Gasteiger partial charge is 0.148 e. The molecule has 0 aromatic heterocycles. The van der Waals surface area contributed by atoms with E-state index in [1.54, 1.807) is 12.1 Å². The van der Waals surface area contributed by atoms with Gasteiger partial charge in [0.05, 0.1) is 5.41 Å². The minimum absolute atomic E-state index is 0.272. The van der Waals surface area contributed by atoms with Crippen molar-refractivity contribution in [2.75, 3.05) is 0 Å². The molecule has 0 aliphatic heterocycles. The minimum atomic E-state index is -0.361. The monoisotopic (exact) mass is 270 g/mol. The third-order valence-electron chi connectivity index (χ3n) is 3.31. The van der Waals surface area contributed by atoms with E-state index in [9.17, 15) is 4.79 Å². The van der Waals surface area contributed by atoms with Crippen molar-refractivity contribution in [3.05, 3.63) is 33.8 Å². The molecule has 0 unspecified atom stereocenters. The van der Waals surface area contributed by atoms with Gasteiger partial charge < -0.3 is 0 Å². The lowest BCUT2D eigenvalue weighted by molar-refractivity contribution is -0.128. The highest BCUT2D eigenvalue weighted by atomic mass is 35.5. The number of hydrogen-bond acceptors (Lipinski definition) is 1. The third-order valence-corrected chi connectivity index (χ3v) is 3.86. The van der Waals surface area contributed by atoms with Crippen molar-refractivity contribution in [1.29, 1.82) is 0 Å². The summed E-state index contributed by atoms with van der Waals surface area (Å²) in [5.74, 6) is 0.272. The van der Waals surface area contributed by atoms with Gasteiger partial charge in [0, 0.05) is 15.5 Å². The van der Waals surface area contributed by atoms with Crippen LogP contribution in [0.25, 0.3) is 0 Å². The summed E-state index contributed by atoms with van der Waals surface area (Å²) in [5.41, 5.74) is 0.239. The number of halogens is 2. The van der Waals surface area contributed by atoms with E-state index < -0.39 is 0 Å². The molecular formula is C14H16Cl2O. The Hall–Kier alpha value is -0.530. The first kappa shape index (κ1) is 12.9. The molecule has 1 saturated carbocycles. The lowest BCUT2D eigenvalue weighted by Crippen LogP contribution is -2.32. The fourth-order valence-electron chi connectivity index (χ4n) is 2.34. The summed E-state index contributed by atoms with van der Waals surface area (Å²) in [6.07, 6.45) is 1.79. The fraction of sp³-hybridized carbons (Fsp3) is 0.500. The van der Waals surface area contributed by atoms with Crippen molar-refractivity contribution in [2.45, 2.75) is 39.0 Å². The Morgan fingerprint density at radius 2 is 1.82 bits per heavy atom. The Balaban J connectivity index is 2.43. The fourth-order valence-corrected chi connectivity index (χ4v) is 2.93. The number of benzene rings is 1. The van der Waals surface area contributed by atoms with E-state index in [-0.39, 0.29) is 16.6 Å². The van der Waals surface area contributed by atoms with Crippen LogP contribution in [0.15, 0.2) is 18.2 Å². The maximum absolute atomic E-state index is 12.5. The highest BCUT2D eigenvalue weighted by Crippen LogP contribution is 2.54. The molecule has 17 heavy (non-hydrogen) atoms. The Bertz CT molecular complexity index is 468. The number of hydrogen-bond donors (Lipinski definition) is 0. The van der Waals surface area contributed by atoms with Crippen molar-refractivity contribution < 1.29 is 4.79 Å². The summed E-state index contributed by atoms with van der Waals surface area (Å²) in [4.78, 5) is 12.5. The summed E-state index contributed by atoms with van der Waals surface area (Å²) < 4.78 is 0. The number of carbonyl (C=O) groups excluding carboxylic acids is 1. The van der Waals surface area contributed by atoms with Crippen LogP contribution in [0.4, 0.5) is 0 Å². The van der Waals surface area contributed by atoms with Gasteiger partial charge in [-0.25, -0.2) is 0 Å². The molecule has 1 nitrogen and oxygen atoms in total. The molecule has 0 radical (unpaired) electrons. The second kappa shape index (κ2) is 4.00. The normalized spacial score (nSPS) is 17.9. The van der Waals surface area contributed by atoms with Gasteiger partial charge in [-0.1, -0.05) is 50.0 Å². The molecule has 1 aliphatic carbocycles. The van der Waals surface area contributed by atoms with Crippen LogP contribution in [0, 0.1) is 5.41 Å². The molecule has 3 heteroatoms. The first-order valence-electron chi connectivity index (χ1n) is 5.78. The van der Waals surface area contributed by atoms with Crippen molar-refractivity contribution in [1.82, 2.24) is 0 Å². The molecular weight excluding hydrogens is 255 g/mol. The average Bonchev–Trinajstić information content (AvgIpc) is 2.96. The van der Waals surface area contributed by atoms with Crippen molar-refractivity contribution in [2.24, 2.45) is 5.41 Å². The molecule has 1 aromatic carbocycles. The van der Waals surface area contributed by atoms with Crippen LogP contribution in [-0.4, -0.2) is 5.78 Å². The summed E-state index contributed by atoms with van der Waals surface area (Å²) in [6, 6.07) is 5.41. The highest BCUT2D eigenvalue weighted by molar-refractivity contribution is 6.35. The molecule has 0 amide bonds. The number of Topliss-reactive ketones (excluding diaryl/α,β-unsaturated/α-hetero) is 1. The molecule has 0 heterocycles. The number of ketones is 1. The molecule has 0 bridgehead atoms. The molecule has 92 valence electrons. The largest absolute Gasteiger partial charge is 0.298 e. The van der Waals surface area contributed by atoms with Gasteiger partial charge in [0.15, 0.2) is 0 Å². The maximum atomic E-state index is 12.5. The van der Waals surface area contributed by atoms with E-state index >= 15 is 0 Å². The predicted octanol–water partition coefficient (Wildman–Crippen LogP) is 4.64. The van der Waals surface area contributed by atoms with Crippen LogP contribution < -0.4 is 0 Å². The first-order valence-corrected chi connectivity index (χ1v) is 6.53. The van der Waals surface area contributed by atoms with E-state index in [0.717, 1.165) is 18.4 Å². The number of rotatable bonds is 2. The zero-order valence-electron chi connectivity index (χ0n) is 10.3. The predicted molar refractivity (Wildman–Crippen MR) is 71.8 cm³/mol. The minimum Gasteiger partial charge on any atom is -0.298 e. The molecule has 1 fully saturated rings. The van der Waals surface area contributed by atoms with Crippen LogP contribution in [0.3, 0.4) is 0 Å². The van der Waals surface area contributed by atoms with Gasteiger partial charge in [0.25, 0.3) is 0 Å². The van der Waals surface area contributed by atoms with Crippen molar-refractivity contribution >= 4 is 29.0 Å². The van der Waals surface area contributed by atoms with E-state index in [1.165, 1.54) is 0 Å². The lowest BCUT2D eigenvalue weighted by atomic mass is 9.77. The summed E-state index contributed by atoms with van der Waals surface area (Å²) in [6.45, 7) is 5.87. The van der Waals surface area contributed by atoms with E-state index in [4.69, 9.17) is 23.2 Å². The van der Waals surface area contributed by atoms with E-state index in [2.05, 4.69) is 0 Å². The van der Waals surface area contributed by atoms with Gasteiger partial charge >= 0.3 is 0 Å². The Morgan fingerprint density at radius 3 is 2.24 bits per heavy atom. The quantitative estimate of drug-likeness (QED) is 0.765. The van der Waals surface area contributed by atoms with Gasteiger partial charge in [-0.2, -0.15) is 0 Å². The standard InChI is InChI=1S/C14H16Cl2O/c1-13(2,3)12(17)14(6-7-14)10-5-4-9(15)8-11(10)16/h4-5,8H,6-7H2,1-3H3. The van der Waals surface area contributed by atoms with Crippen LogP contribution in [-0.2, 0) is 10.2 Å². The summed E-state index contributed by atoms with van der Waals surface area (Å²) >= 11 is 12.1. The van der Waals surface area contributed by atoms with Crippen LogP contribution >= 0.6 is 23.2 Å². The Kier molecular flexibility index (Phi) is 3.04. The molecule has 0 saturated heterocycles. The average molecular weight is 271 g/mol. The highest BCUT2D eigenvalue weighted by Gasteiger charge is 2.54. The summed E-state index contributed by atoms with van der Waals surface area (Å²) in [5, 5.41) is 1.21. The second-order valence-electron chi connectivity index (χ2n) is 5.79. The van der Waals surface area contributed by atoms with Gasteiger partial charge in [0.1, 0.15) is 5.78 Å². The first-order chi connectivity index (χ1) is 7.77. The molecule has 2 rings (SSSR count). The summed E-state index contributed by atoms with van der Waals surface area (Å²) in [7, 11) is 0. The molecule has 1 aromatic rings. The topological polar surface area (TPSA) is 17.1 Å². The Labute approximate surface area is 112 Å². The third kappa shape index (κ3) is 2.23. The van der Waals surface area contributed by atoms with Gasteiger partial charge in [-0.3, -0.25) is 4.79 Å².